The van der Waals surface area contributed by atoms with Gasteiger partial charge in [0.05, 0.1) is 23.1 Å². The van der Waals surface area contributed by atoms with E-state index < -0.39 is 5.97 Å². The topological polar surface area (TPSA) is 71.2 Å². The molecule has 94 valence electrons. The van der Waals surface area contributed by atoms with E-state index in [0.29, 0.717) is 12.2 Å². The largest absolute Gasteiger partial charge is 0.478 e. The molecule has 0 fully saturated rings. The summed E-state index contributed by atoms with van der Waals surface area (Å²) in [6, 6.07) is 6.63. The first-order valence-electron chi connectivity index (χ1n) is 5.46. The highest BCUT2D eigenvalue weighted by Gasteiger charge is 2.09. The number of carbonyl (C=O) groups is 1. The molecule has 0 amide bonds. The first-order chi connectivity index (χ1) is 8.58. The zero-order chi connectivity index (χ0) is 13.1. The summed E-state index contributed by atoms with van der Waals surface area (Å²) in [4.78, 5) is 12.9. The Morgan fingerprint density at radius 3 is 2.89 bits per heavy atom. The molecule has 0 aliphatic carbocycles. The van der Waals surface area contributed by atoms with Crippen LogP contribution in [0.4, 0.5) is 0 Å². The SMILES string of the molecule is CN(C)Cc1cnnn1-c1cccc(C(=O)O)c1. The maximum atomic E-state index is 10.9. The molecule has 6 nitrogen and oxygen atoms in total. The number of aromatic carboxylic acids is 1. The van der Waals surface area contributed by atoms with Gasteiger partial charge < -0.3 is 10.0 Å². The van der Waals surface area contributed by atoms with Gasteiger partial charge in [0, 0.05) is 6.54 Å². The monoisotopic (exact) mass is 246 g/mol. The molecular weight excluding hydrogens is 232 g/mol. The fourth-order valence-corrected chi connectivity index (χ4v) is 1.68. The van der Waals surface area contributed by atoms with Crippen LogP contribution >= 0.6 is 0 Å². The number of rotatable bonds is 4. The zero-order valence-corrected chi connectivity index (χ0v) is 10.2. The maximum absolute atomic E-state index is 10.9. The third-order valence-electron chi connectivity index (χ3n) is 2.44. The Kier molecular flexibility index (Phi) is 3.38. The molecule has 0 aliphatic rings. The minimum Gasteiger partial charge on any atom is -0.478 e. The molecule has 6 heteroatoms. The lowest BCUT2D eigenvalue weighted by Gasteiger charge is -2.11. The summed E-state index contributed by atoms with van der Waals surface area (Å²) in [7, 11) is 3.90. The second-order valence-electron chi connectivity index (χ2n) is 4.23. The molecule has 0 radical (unpaired) electrons. The van der Waals surface area contributed by atoms with Crippen LogP contribution in [-0.4, -0.2) is 45.1 Å². The molecule has 0 unspecified atom stereocenters. The number of carboxylic acid groups (broad SMARTS) is 1. The van der Waals surface area contributed by atoms with Crippen molar-refractivity contribution in [2.45, 2.75) is 6.54 Å². The van der Waals surface area contributed by atoms with E-state index in [1.807, 2.05) is 19.0 Å². The van der Waals surface area contributed by atoms with Crippen LogP contribution in [0, 0.1) is 0 Å². The first-order valence-corrected chi connectivity index (χ1v) is 5.46. The van der Waals surface area contributed by atoms with Gasteiger partial charge in [-0.25, -0.2) is 9.48 Å². The average molecular weight is 246 g/mol. The Labute approximate surface area is 104 Å². The van der Waals surface area contributed by atoms with E-state index in [0.717, 1.165) is 5.69 Å². The van der Waals surface area contributed by atoms with Gasteiger partial charge in [-0.05, 0) is 32.3 Å². The van der Waals surface area contributed by atoms with Crippen molar-refractivity contribution in [2.75, 3.05) is 14.1 Å². The van der Waals surface area contributed by atoms with E-state index in [2.05, 4.69) is 10.3 Å². The molecule has 0 saturated carbocycles. The molecule has 1 N–H and O–H groups in total. The molecular formula is C12H14N4O2. The summed E-state index contributed by atoms with van der Waals surface area (Å²) in [6.45, 7) is 0.685. The van der Waals surface area contributed by atoms with E-state index in [9.17, 15) is 4.79 Å². The molecule has 18 heavy (non-hydrogen) atoms. The van der Waals surface area contributed by atoms with Crippen molar-refractivity contribution in [3.05, 3.63) is 41.7 Å². The van der Waals surface area contributed by atoms with Gasteiger partial charge in [0.25, 0.3) is 0 Å². The van der Waals surface area contributed by atoms with E-state index in [1.165, 1.54) is 0 Å². The lowest BCUT2D eigenvalue weighted by molar-refractivity contribution is 0.0697. The van der Waals surface area contributed by atoms with Crippen LogP contribution in [0.5, 0.6) is 0 Å². The van der Waals surface area contributed by atoms with Crippen molar-refractivity contribution in [2.24, 2.45) is 0 Å². The molecule has 0 saturated heterocycles. The third kappa shape index (κ3) is 2.54. The van der Waals surface area contributed by atoms with Crippen LogP contribution in [0.3, 0.4) is 0 Å². The highest BCUT2D eigenvalue weighted by Crippen LogP contribution is 2.12. The van der Waals surface area contributed by atoms with E-state index in [-0.39, 0.29) is 5.56 Å². The maximum Gasteiger partial charge on any atom is 0.335 e. The summed E-state index contributed by atoms with van der Waals surface area (Å²) in [5.41, 5.74) is 1.84. The number of benzene rings is 1. The van der Waals surface area contributed by atoms with Crippen LogP contribution < -0.4 is 0 Å². The number of carboxylic acids is 1. The minimum absolute atomic E-state index is 0.235. The van der Waals surface area contributed by atoms with Crippen molar-refractivity contribution in [3.63, 3.8) is 0 Å². The number of nitrogens with zero attached hydrogens (tertiary/aromatic N) is 4. The summed E-state index contributed by atoms with van der Waals surface area (Å²) >= 11 is 0. The zero-order valence-electron chi connectivity index (χ0n) is 10.2. The quantitative estimate of drug-likeness (QED) is 0.872. The Bertz CT molecular complexity index is 563. The van der Waals surface area contributed by atoms with Crippen LogP contribution in [0.25, 0.3) is 5.69 Å². The minimum atomic E-state index is -0.953. The van der Waals surface area contributed by atoms with E-state index in [1.54, 1.807) is 35.1 Å². The van der Waals surface area contributed by atoms with Gasteiger partial charge in [0.1, 0.15) is 0 Å². The Morgan fingerprint density at radius 1 is 1.44 bits per heavy atom. The lowest BCUT2D eigenvalue weighted by atomic mass is 10.2. The number of hydrogen-bond donors (Lipinski definition) is 1. The average Bonchev–Trinajstić information content (AvgIpc) is 2.76. The normalized spacial score (nSPS) is 10.8. The predicted molar refractivity (Wildman–Crippen MR) is 65.7 cm³/mol. The van der Waals surface area contributed by atoms with Crippen LogP contribution in [-0.2, 0) is 6.54 Å². The number of hydrogen-bond acceptors (Lipinski definition) is 4. The second kappa shape index (κ2) is 4.97. The van der Waals surface area contributed by atoms with Crippen molar-refractivity contribution in [1.29, 1.82) is 0 Å². The summed E-state index contributed by atoms with van der Waals surface area (Å²) in [6.07, 6.45) is 1.67. The van der Waals surface area contributed by atoms with Crippen LogP contribution in [0.15, 0.2) is 30.5 Å². The van der Waals surface area contributed by atoms with Crippen molar-refractivity contribution in [3.8, 4) is 5.69 Å². The third-order valence-corrected chi connectivity index (χ3v) is 2.44. The Hall–Kier alpha value is -2.21. The van der Waals surface area contributed by atoms with E-state index in [4.69, 9.17) is 5.11 Å². The highest BCUT2D eigenvalue weighted by atomic mass is 16.4. The van der Waals surface area contributed by atoms with Crippen molar-refractivity contribution < 1.29 is 9.90 Å². The standard InChI is InChI=1S/C12H14N4O2/c1-15(2)8-11-7-13-14-16(11)10-5-3-4-9(6-10)12(17)18/h3-7H,8H2,1-2H3,(H,17,18). The molecule has 0 aliphatic heterocycles. The second-order valence-corrected chi connectivity index (χ2v) is 4.23. The van der Waals surface area contributed by atoms with Crippen molar-refractivity contribution >= 4 is 5.97 Å². The van der Waals surface area contributed by atoms with Gasteiger partial charge in [-0.15, -0.1) is 5.10 Å². The van der Waals surface area contributed by atoms with Crippen LogP contribution in [0.2, 0.25) is 0 Å². The molecule has 2 aromatic rings. The molecule has 1 aromatic carbocycles. The van der Waals surface area contributed by atoms with Gasteiger partial charge in [-0.2, -0.15) is 0 Å². The molecule has 0 bridgehead atoms. The fourth-order valence-electron chi connectivity index (χ4n) is 1.68. The Balaban J connectivity index is 2.39. The van der Waals surface area contributed by atoms with Crippen LogP contribution in [0.1, 0.15) is 16.1 Å². The van der Waals surface area contributed by atoms with E-state index >= 15 is 0 Å². The summed E-state index contributed by atoms with van der Waals surface area (Å²) in [5, 5.41) is 16.8. The molecule has 0 atom stereocenters. The fraction of sp³-hybridized carbons (Fsp3) is 0.250. The summed E-state index contributed by atoms with van der Waals surface area (Å²) in [5.74, 6) is -0.953. The predicted octanol–water partition coefficient (Wildman–Crippen LogP) is 1.03. The first kappa shape index (κ1) is 12.3. The van der Waals surface area contributed by atoms with Gasteiger partial charge in [-0.1, -0.05) is 11.3 Å². The van der Waals surface area contributed by atoms with Gasteiger partial charge in [0.2, 0.25) is 0 Å². The smallest absolute Gasteiger partial charge is 0.335 e. The Morgan fingerprint density at radius 2 is 2.22 bits per heavy atom. The van der Waals surface area contributed by atoms with Gasteiger partial charge in [0.15, 0.2) is 0 Å². The van der Waals surface area contributed by atoms with Gasteiger partial charge >= 0.3 is 5.97 Å². The molecule has 1 aromatic heterocycles. The van der Waals surface area contributed by atoms with Gasteiger partial charge in [-0.3, -0.25) is 0 Å². The van der Waals surface area contributed by atoms with Crippen molar-refractivity contribution in [1.82, 2.24) is 19.9 Å². The highest BCUT2D eigenvalue weighted by molar-refractivity contribution is 5.88. The molecule has 0 spiro atoms. The number of aromatic nitrogens is 3. The summed E-state index contributed by atoms with van der Waals surface area (Å²) < 4.78 is 1.65. The molecule has 2 rings (SSSR count). The molecule has 1 heterocycles. The lowest BCUT2D eigenvalue weighted by Crippen LogP contribution is -2.14.